The molecule has 0 aliphatic carbocycles. The highest BCUT2D eigenvalue weighted by atomic mass is 35.6. The zero-order valence-corrected chi connectivity index (χ0v) is 12.1. The van der Waals surface area contributed by atoms with Gasteiger partial charge < -0.3 is 4.74 Å². The highest BCUT2D eigenvalue weighted by Crippen LogP contribution is 2.30. The number of rotatable bonds is 8. The normalized spacial score (nSPS) is 14.1. The third kappa shape index (κ3) is 12.4. The number of alkyl halides is 4. The molecule has 17 heavy (non-hydrogen) atoms. The molecule has 7 heteroatoms. The van der Waals surface area contributed by atoms with Crippen LogP contribution in [0.1, 0.15) is 19.8 Å². The Morgan fingerprint density at radius 1 is 1.18 bits per heavy atom. The summed E-state index contributed by atoms with van der Waals surface area (Å²) >= 11 is 6.03. The summed E-state index contributed by atoms with van der Waals surface area (Å²) in [6.45, 7) is 3.54. The van der Waals surface area contributed by atoms with Gasteiger partial charge >= 0.3 is 0 Å². The lowest BCUT2D eigenvalue weighted by Gasteiger charge is -2.20. The fraction of sp³-hybridized carbons (Fsp3) is 1.00. The molecule has 0 amide bonds. The van der Waals surface area contributed by atoms with Crippen LogP contribution >= 0.6 is 11.1 Å². The fourth-order valence-electron chi connectivity index (χ4n) is 1.32. The first-order chi connectivity index (χ1) is 7.41. The summed E-state index contributed by atoms with van der Waals surface area (Å²) in [7, 11) is -1.71. The number of hydrogen-bond acceptors (Lipinski definition) is 1. The van der Waals surface area contributed by atoms with E-state index in [9.17, 15) is 17.6 Å². The summed E-state index contributed by atoms with van der Waals surface area (Å²) in [6, 6.07) is 0.754. The van der Waals surface area contributed by atoms with Gasteiger partial charge in [-0.3, -0.25) is 0 Å². The van der Waals surface area contributed by atoms with Gasteiger partial charge in [-0.2, -0.15) is 11.1 Å². The van der Waals surface area contributed by atoms with Crippen molar-refractivity contribution in [3.8, 4) is 0 Å². The van der Waals surface area contributed by atoms with Gasteiger partial charge in [-0.1, -0.05) is 13.1 Å². The molecule has 0 N–H and O–H groups in total. The summed E-state index contributed by atoms with van der Waals surface area (Å²) in [5.41, 5.74) is 0. The molecule has 0 radical (unpaired) electrons. The highest BCUT2D eigenvalue weighted by molar-refractivity contribution is 7.19. The van der Waals surface area contributed by atoms with Crippen LogP contribution in [0.15, 0.2) is 0 Å². The standard InChI is InChI=1S/C10H19ClF4OSi/c1-9(12,13)7-10(14,15)8-16-5-4-6-17(2,3)11/h4-8H2,1-3H3. The van der Waals surface area contributed by atoms with Crippen molar-refractivity contribution in [1.29, 1.82) is 0 Å². The van der Waals surface area contributed by atoms with Gasteiger partial charge in [-0.05, 0) is 19.4 Å². The minimum Gasteiger partial charge on any atom is -0.375 e. The largest absolute Gasteiger partial charge is 0.375 e. The molecule has 0 aromatic rings. The van der Waals surface area contributed by atoms with Crippen LogP contribution in [0.2, 0.25) is 19.1 Å². The molecule has 0 rings (SSSR count). The lowest BCUT2D eigenvalue weighted by Crippen LogP contribution is -2.31. The van der Waals surface area contributed by atoms with Gasteiger partial charge in [0.1, 0.15) is 6.61 Å². The Morgan fingerprint density at radius 3 is 2.12 bits per heavy atom. The Kier molecular flexibility index (Phi) is 6.45. The summed E-state index contributed by atoms with van der Waals surface area (Å²) in [5.74, 6) is -6.86. The maximum absolute atomic E-state index is 13.0. The molecule has 104 valence electrons. The van der Waals surface area contributed by atoms with Gasteiger partial charge in [0.25, 0.3) is 11.8 Å². The second kappa shape index (κ2) is 6.38. The minimum atomic E-state index is -3.48. The van der Waals surface area contributed by atoms with Gasteiger partial charge in [0.2, 0.25) is 0 Å². The van der Waals surface area contributed by atoms with Gasteiger partial charge in [-0.25, -0.2) is 17.6 Å². The Balaban J connectivity index is 3.74. The third-order valence-corrected chi connectivity index (χ3v) is 4.05. The maximum Gasteiger partial charge on any atom is 0.276 e. The summed E-state index contributed by atoms with van der Waals surface area (Å²) in [5, 5.41) is 0. The van der Waals surface area contributed by atoms with Crippen LogP contribution in [-0.2, 0) is 4.74 Å². The van der Waals surface area contributed by atoms with Crippen LogP contribution in [0.4, 0.5) is 17.6 Å². The molecule has 0 fully saturated rings. The van der Waals surface area contributed by atoms with Gasteiger partial charge in [0, 0.05) is 6.61 Å². The van der Waals surface area contributed by atoms with E-state index in [-0.39, 0.29) is 6.61 Å². The Bertz CT molecular complexity index is 225. The summed E-state index contributed by atoms with van der Waals surface area (Å²) in [6.07, 6.45) is -0.892. The molecule has 0 aromatic carbocycles. The van der Waals surface area contributed by atoms with Gasteiger partial charge in [0.15, 0.2) is 7.38 Å². The van der Waals surface area contributed by atoms with E-state index in [0.717, 1.165) is 6.04 Å². The van der Waals surface area contributed by atoms with Crippen molar-refractivity contribution < 1.29 is 22.3 Å². The van der Waals surface area contributed by atoms with Crippen LogP contribution in [-0.4, -0.2) is 32.4 Å². The molecular weight excluding hydrogens is 276 g/mol. The van der Waals surface area contributed by atoms with Gasteiger partial charge in [-0.15, -0.1) is 0 Å². The lowest BCUT2D eigenvalue weighted by molar-refractivity contribution is -0.136. The van der Waals surface area contributed by atoms with Gasteiger partial charge in [0.05, 0.1) is 6.42 Å². The van der Waals surface area contributed by atoms with E-state index >= 15 is 0 Å². The average molecular weight is 295 g/mol. The average Bonchev–Trinajstić information content (AvgIpc) is 1.95. The third-order valence-electron chi connectivity index (χ3n) is 1.94. The predicted molar refractivity (Wildman–Crippen MR) is 63.8 cm³/mol. The molecule has 0 saturated heterocycles. The quantitative estimate of drug-likeness (QED) is 0.277. The second-order valence-corrected chi connectivity index (χ2v) is 12.0. The monoisotopic (exact) mass is 294 g/mol. The highest BCUT2D eigenvalue weighted by Gasteiger charge is 2.40. The SMILES string of the molecule is CC(F)(F)CC(F)(F)COCCC[Si](C)(C)Cl. The zero-order valence-electron chi connectivity index (χ0n) is 10.3. The van der Waals surface area contributed by atoms with Crippen LogP contribution in [0, 0.1) is 0 Å². The van der Waals surface area contributed by atoms with E-state index in [4.69, 9.17) is 15.8 Å². The van der Waals surface area contributed by atoms with Crippen LogP contribution in [0.3, 0.4) is 0 Å². The lowest BCUT2D eigenvalue weighted by atomic mass is 10.1. The van der Waals surface area contributed by atoms with Crippen molar-refractivity contribution in [2.24, 2.45) is 0 Å². The Morgan fingerprint density at radius 2 is 1.71 bits per heavy atom. The summed E-state index contributed by atoms with van der Waals surface area (Å²) < 4.78 is 55.4. The van der Waals surface area contributed by atoms with E-state index in [0.29, 0.717) is 13.3 Å². The van der Waals surface area contributed by atoms with Crippen molar-refractivity contribution >= 4 is 18.5 Å². The predicted octanol–water partition coefficient (Wildman–Crippen LogP) is 4.52. The van der Waals surface area contributed by atoms with Crippen molar-refractivity contribution in [1.82, 2.24) is 0 Å². The zero-order chi connectivity index (χ0) is 13.7. The van der Waals surface area contributed by atoms with E-state index in [1.165, 1.54) is 0 Å². The Hall–Kier alpha value is 0.187. The molecular formula is C10H19ClF4OSi. The molecule has 0 aromatic heterocycles. The topological polar surface area (TPSA) is 9.23 Å². The summed E-state index contributed by atoms with van der Waals surface area (Å²) in [4.78, 5) is 0. The van der Waals surface area contributed by atoms with Crippen LogP contribution < -0.4 is 0 Å². The van der Waals surface area contributed by atoms with Crippen LogP contribution in [0.25, 0.3) is 0 Å². The molecule has 0 heterocycles. The molecule has 0 bridgehead atoms. The number of hydrogen-bond donors (Lipinski definition) is 0. The van der Waals surface area contributed by atoms with E-state index in [1.807, 2.05) is 13.1 Å². The maximum atomic E-state index is 13.0. The van der Waals surface area contributed by atoms with Crippen molar-refractivity contribution in [2.75, 3.05) is 13.2 Å². The fourth-order valence-corrected chi connectivity index (χ4v) is 2.71. The molecule has 0 atom stereocenters. The Labute approximate surface area is 105 Å². The van der Waals surface area contributed by atoms with Crippen molar-refractivity contribution in [3.63, 3.8) is 0 Å². The first-order valence-electron chi connectivity index (χ1n) is 5.44. The molecule has 0 spiro atoms. The van der Waals surface area contributed by atoms with Crippen LogP contribution in [0.5, 0.6) is 0 Å². The molecule has 0 aliphatic heterocycles. The van der Waals surface area contributed by atoms with E-state index in [1.54, 1.807) is 0 Å². The van der Waals surface area contributed by atoms with E-state index < -0.39 is 32.3 Å². The molecule has 0 saturated carbocycles. The first-order valence-corrected chi connectivity index (χ1v) is 9.66. The minimum absolute atomic E-state index is 0.133. The number of halogens is 5. The second-order valence-electron chi connectivity index (χ2n) is 4.98. The first kappa shape index (κ1) is 17.2. The molecule has 0 aliphatic rings. The van der Waals surface area contributed by atoms with Crippen molar-refractivity contribution in [2.45, 2.75) is 50.7 Å². The smallest absolute Gasteiger partial charge is 0.276 e. The number of ether oxygens (including phenoxy) is 1. The molecule has 0 unspecified atom stereocenters. The molecule has 1 nitrogen and oxygen atoms in total. The van der Waals surface area contributed by atoms with E-state index in [2.05, 4.69) is 0 Å². The van der Waals surface area contributed by atoms with Crippen molar-refractivity contribution in [3.05, 3.63) is 0 Å².